The molecule has 0 N–H and O–H groups in total. The molecule has 1 aliphatic heterocycles. The van der Waals surface area contributed by atoms with Crippen LogP contribution in [0, 0.1) is 5.92 Å². The Morgan fingerprint density at radius 1 is 1.11 bits per heavy atom. The average Bonchev–Trinajstić information content (AvgIpc) is 2.70. The van der Waals surface area contributed by atoms with Gasteiger partial charge in [-0.3, -0.25) is 4.99 Å². The van der Waals surface area contributed by atoms with Gasteiger partial charge in [-0.25, -0.2) is 4.79 Å². The van der Waals surface area contributed by atoms with Gasteiger partial charge in [0.2, 0.25) is 0 Å². The molecule has 0 aromatic heterocycles. The maximum atomic E-state index is 12.8. The van der Waals surface area contributed by atoms with Crippen LogP contribution in [0.2, 0.25) is 0 Å². The van der Waals surface area contributed by atoms with Crippen molar-refractivity contribution >= 4 is 11.7 Å². The van der Waals surface area contributed by atoms with Gasteiger partial charge in [0, 0.05) is 17.7 Å². The highest BCUT2D eigenvalue weighted by molar-refractivity contribution is 6.13. The Balaban J connectivity index is 2.03. The van der Waals surface area contributed by atoms with Crippen molar-refractivity contribution in [1.29, 1.82) is 0 Å². The van der Waals surface area contributed by atoms with E-state index in [1.54, 1.807) is 0 Å². The minimum absolute atomic E-state index is 0.121. The molecule has 1 aliphatic rings. The topological polar surface area (TPSA) is 47.9 Å². The second-order valence-corrected chi connectivity index (χ2v) is 6.87. The van der Waals surface area contributed by atoms with Crippen molar-refractivity contribution in [2.45, 2.75) is 38.8 Å². The smallest absolute Gasteiger partial charge is 0.331 e. The van der Waals surface area contributed by atoms with Crippen molar-refractivity contribution in [3.05, 3.63) is 71.8 Å². The summed E-state index contributed by atoms with van der Waals surface area (Å²) in [6.07, 6.45) is 1.76. The average molecular weight is 365 g/mol. The van der Waals surface area contributed by atoms with Gasteiger partial charge in [-0.1, -0.05) is 60.7 Å². The molecule has 1 fully saturated rings. The molecule has 4 nitrogen and oxygen atoms in total. The third kappa shape index (κ3) is 5.04. The van der Waals surface area contributed by atoms with E-state index in [1.165, 1.54) is 0 Å². The molecule has 3 rings (SSSR count). The van der Waals surface area contributed by atoms with Crippen molar-refractivity contribution in [1.82, 2.24) is 0 Å². The first kappa shape index (κ1) is 19.3. The summed E-state index contributed by atoms with van der Waals surface area (Å²) in [5.41, 5.74) is 2.82. The number of rotatable bonds is 6. The zero-order valence-electron chi connectivity index (χ0n) is 16.0. The Labute approximate surface area is 161 Å². The predicted molar refractivity (Wildman–Crippen MR) is 107 cm³/mol. The molecule has 3 atom stereocenters. The van der Waals surface area contributed by atoms with Crippen molar-refractivity contribution in [2.75, 3.05) is 13.2 Å². The first-order valence-corrected chi connectivity index (χ1v) is 9.66. The molecule has 0 amide bonds. The first-order valence-electron chi connectivity index (χ1n) is 9.66. The molecule has 27 heavy (non-hydrogen) atoms. The molecule has 1 saturated heterocycles. The summed E-state index contributed by atoms with van der Waals surface area (Å²) in [4.78, 5) is 17.8. The highest BCUT2D eigenvalue weighted by atomic mass is 16.5. The highest BCUT2D eigenvalue weighted by Gasteiger charge is 2.33. The lowest BCUT2D eigenvalue weighted by Gasteiger charge is -2.30. The summed E-state index contributed by atoms with van der Waals surface area (Å²) in [7, 11) is 0. The second kappa shape index (κ2) is 9.47. The van der Waals surface area contributed by atoms with Crippen molar-refractivity contribution in [3.8, 4) is 0 Å². The van der Waals surface area contributed by atoms with Crippen LogP contribution in [0.25, 0.3) is 0 Å². The molecule has 0 saturated carbocycles. The normalized spacial score (nSPS) is 20.5. The number of hydrogen-bond donors (Lipinski definition) is 0. The third-order valence-electron chi connectivity index (χ3n) is 4.86. The molecule has 1 heterocycles. The molecule has 4 heteroatoms. The van der Waals surface area contributed by atoms with Gasteiger partial charge in [-0.2, -0.15) is 0 Å². The van der Waals surface area contributed by atoms with Crippen LogP contribution in [0.15, 0.2) is 65.7 Å². The summed E-state index contributed by atoms with van der Waals surface area (Å²) < 4.78 is 11.0. The van der Waals surface area contributed by atoms with Crippen molar-refractivity contribution in [3.63, 3.8) is 0 Å². The third-order valence-corrected chi connectivity index (χ3v) is 4.86. The molecule has 2 aromatic carbocycles. The minimum Gasteiger partial charge on any atom is -0.464 e. The Morgan fingerprint density at radius 3 is 2.22 bits per heavy atom. The zero-order valence-corrected chi connectivity index (χ0v) is 16.0. The van der Waals surface area contributed by atoms with E-state index in [-0.39, 0.29) is 18.0 Å². The van der Waals surface area contributed by atoms with Crippen molar-refractivity contribution in [2.24, 2.45) is 10.9 Å². The second-order valence-electron chi connectivity index (χ2n) is 6.87. The number of hydrogen-bond acceptors (Lipinski definition) is 4. The zero-order chi connectivity index (χ0) is 19.1. The number of benzene rings is 2. The molecule has 1 unspecified atom stereocenters. The van der Waals surface area contributed by atoms with Gasteiger partial charge in [-0.05, 0) is 32.6 Å². The summed E-state index contributed by atoms with van der Waals surface area (Å²) in [5.74, 6) is -0.129. The Kier molecular flexibility index (Phi) is 6.77. The van der Waals surface area contributed by atoms with Gasteiger partial charge in [0.05, 0.1) is 18.4 Å². The summed E-state index contributed by atoms with van der Waals surface area (Å²) >= 11 is 0. The predicted octanol–water partition coefficient (Wildman–Crippen LogP) is 4.27. The van der Waals surface area contributed by atoms with Crippen molar-refractivity contribution < 1.29 is 14.3 Å². The molecule has 2 aromatic rings. The lowest BCUT2D eigenvalue weighted by Crippen LogP contribution is -2.37. The standard InChI is InChI=1S/C23H27NO3/c1-3-26-23(25)22(20-14-15-27-17(2)16-20)24-21(18-10-6-4-7-11-18)19-12-8-5-9-13-19/h4-13,17,20,22H,3,14-16H2,1-2H3/t17-,20-,22?/m0/s1. The highest BCUT2D eigenvalue weighted by Crippen LogP contribution is 2.27. The van der Waals surface area contributed by atoms with E-state index in [9.17, 15) is 4.79 Å². The van der Waals surface area contributed by atoms with Crippen LogP contribution in [0.5, 0.6) is 0 Å². The number of esters is 1. The molecular weight excluding hydrogens is 338 g/mol. The summed E-state index contributed by atoms with van der Waals surface area (Å²) in [6.45, 7) is 4.90. The van der Waals surface area contributed by atoms with E-state index in [1.807, 2.05) is 74.5 Å². The van der Waals surface area contributed by atoms with E-state index in [0.29, 0.717) is 13.2 Å². The van der Waals surface area contributed by atoms with E-state index in [2.05, 4.69) is 0 Å². The minimum atomic E-state index is -0.522. The molecule has 0 bridgehead atoms. The van der Waals surface area contributed by atoms with E-state index < -0.39 is 6.04 Å². The van der Waals surface area contributed by atoms with Crippen LogP contribution in [0.1, 0.15) is 37.8 Å². The SMILES string of the molecule is CCOC(=O)C(N=C(c1ccccc1)c1ccccc1)[C@H]1CCO[C@@H](C)C1. The van der Waals surface area contributed by atoms with Gasteiger partial charge in [0.15, 0.2) is 6.04 Å². The molecule has 0 spiro atoms. The van der Waals surface area contributed by atoms with E-state index >= 15 is 0 Å². The lowest BCUT2D eigenvalue weighted by atomic mass is 9.88. The van der Waals surface area contributed by atoms with Crippen LogP contribution in [0.3, 0.4) is 0 Å². The maximum absolute atomic E-state index is 12.8. The van der Waals surface area contributed by atoms with Crippen LogP contribution in [-0.4, -0.2) is 37.0 Å². The number of carbonyl (C=O) groups excluding carboxylic acids is 1. The number of nitrogens with zero attached hydrogens (tertiary/aromatic N) is 1. The molecule has 0 aliphatic carbocycles. The van der Waals surface area contributed by atoms with Gasteiger partial charge < -0.3 is 9.47 Å². The molecular formula is C23H27NO3. The fraction of sp³-hybridized carbons (Fsp3) is 0.391. The Morgan fingerprint density at radius 2 is 1.70 bits per heavy atom. The monoisotopic (exact) mass is 365 g/mol. The van der Waals surface area contributed by atoms with E-state index in [0.717, 1.165) is 29.7 Å². The van der Waals surface area contributed by atoms with Gasteiger partial charge in [0.25, 0.3) is 0 Å². The van der Waals surface area contributed by atoms with E-state index in [4.69, 9.17) is 14.5 Å². The van der Waals surface area contributed by atoms with Crippen LogP contribution < -0.4 is 0 Å². The number of ether oxygens (including phenoxy) is 2. The summed E-state index contributed by atoms with van der Waals surface area (Å²) in [6, 6.07) is 19.5. The Bertz CT molecular complexity index is 716. The van der Waals surface area contributed by atoms with Gasteiger partial charge in [-0.15, -0.1) is 0 Å². The first-order chi connectivity index (χ1) is 13.2. The van der Waals surface area contributed by atoms with Gasteiger partial charge in [0.1, 0.15) is 0 Å². The Hall–Kier alpha value is -2.46. The maximum Gasteiger partial charge on any atom is 0.331 e. The van der Waals surface area contributed by atoms with Crippen LogP contribution in [0.4, 0.5) is 0 Å². The number of aliphatic imine (C=N–C) groups is 1. The molecule has 142 valence electrons. The van der Waals surface area contributed by atoms with Crippen LogP contribution in [-0.2, 0) is 14.3 Å². The van der Waals surface area contributed by atoms with Crippen LogP contribution >= 0.6 is 0 Å². The number of carbonyl (C=O) groups is 1. The fourth-order valence-corrected chi connectivity index (χ4v) is 3.54. The molecule has 0 radical (unpaired) electrons. The fourth-order valence-electron chi connectivity index (χ4n) is 3.54. The quantitative estimate of drug-likeness (QED) is 0.567. The largest absolute Gasteiger partial charge is 0.464 e. The van der Waals surface area contributed by atoms with Gasteiger partial charge >= 0.3 is 5.97 Å². The lowest BCUT2D eigenvalue weighted by molar-refractivity contribution is -0.147. The summed E-state index contributed by atoms with van der Waals surface area (Å²) in [5, 5.41) is 0.